The highest BCUT2D eigenvalue weighted by molar-refractivity contribution is 5.79. The number of hydrogen-bond donors (Lipinski definition) is 2. The highest BCUT2D eigenvalue weighted by Crippen LogP contribution is 2.29. The van der Waals surface area contributed by atoms with Crippen LogP contribution < -0.4 is 11.1 Å². The van der Waals surface area contributed by atoms with Crippen LogP contribution in [0.5, 0.6) is 0 Å². The number of nitrogens with two attached hydrogens (primary N) is 1. The third-order valence-corrected chi connectivity index (χ3v) is 2.28. The summed E-state index contributed by atoms with van der Waals surface area (Å²) in [5, 5.41) is 3.22. The standard InChI is InChI=1S/C8H16N2O/c1-3-6(8(9)11)10-7-4-5(7)2/h5-7,10H,3-4H2,1-2H3,(H2,9,11). The summed E-state index contributed by atoms with van der Waals surface area (Å²) in [5.41, 5.74) is 5.17. The molecule has 1 fully saturated rings. The van der Waals surface area contributed by atoms with Gasteiger partial charge in [0, 0.05) is 6.04 Å². The number of rotatable bonds is 4. The van der Waals surface area contributed by atoms with Crippen molar-refractivity contribution in [1.82, 2.24) is 5.32 Å². The molecule has 0 bridgehead atoms. The maximum Gasteiger partial charge on any atom is 0.234 e. The molecule has 1 saturated carbocycles. The van der Waals surface area contributed by atoms with Gasteiger partial charge < -0.3 is 11.1 Å². The fourth-order valence-electron chi connectivity index (χ4n) is 1.21. The van der Waals surface area contributed by atoms with Crippen LogP contribution in [0.3, 0.4) is 0 Å². The van der Waals surface area contributed by atoms with Gasteiger partial charge in [0.05, 0.1) is 6.04 Å². The maximum absolute atomic E-state index is 10.8. The van der Waals surface area contributed by atoms with Crippen LogP contribution in [0.4, 0.5) is 0 Å². The molecule has 0 aromatic carbocycles. The van der Waals surface area contributed by atoms with Crippen molar-refractivity contribution in [2.45, 2.75) is 38.8 Å². The van der Waals surface area contributed by atoms with E-state index in [0.29, 0.717) is 6.04 Å². The molecule has 0 aliphatic heterocycles. The van der Waals surface area contributed by atoms with Crippen LogP contribution in [0.25, 0.3) is 0 Å². The summed E-state index contributed by atoms with van der Waals surface area (Å²) < 4.78 is 0. The predicted octanol–water partition coefficient (Wildman–Crippen LogP) is 0.248. The first-order valence-electron chi connectivity index (χ1n) is 4.20. The van der Waals surface area contributed by atoms with Gasteiger partial charge >= 0.3 is 0 Å². The second kappa shape index (κ2) is 3.22. The SMILES string of the molecule is CCC(NC1CC1C)C(N)=O. The first-order chi connectivity index (χ1) is 5.15. The minimum absolute atomic E-state index is 0.120. The highest BCUT2D eigenvalue weighted by atomic mass is 16.1. The zero-order valence-electron chi connectivity index (χ0n) is 7.13. The number of hydrogen-bond acceptors (Lipinski definition) is 2. The quantitative estimate of drug-likeness (QED) is 0.613. The summed E-state index contributed by atoms with van der Waals surface area (Å²) in [5.74, 6) is 0.495. The zero-order valence-corrected chi connectivity index (χ0v) is 7.13. The molecule has 3 unspecified atom stereocenters. The molecule has 0 aromatic heterocycles. The van der Waals surface area contributed by atoms with E-state index in [1.807, 2.05) is 6.92 Å². The fraction of sp³-hybridized carbons (Fsp3) is 0.875. The Morgan fingerprint density at radius 3 is 2.64 bits per heavy atom. The number of nitrogens with one attached hydrogen (secondary N) is 1. The molecule has 0 aromatic rings. The first-order valence-corrected chi connectivity index (χ1v) is 4.20. The second-order valence-corrected chi connectivity index (χ2v) is 3.35. The summed E-state index contributed by atoms with van der Waals surface area (Å²) in [6, 6.07) is 0.414. The Kier molecular flexibility index (Phi) is 2.49. The highest BCUT2D eigenvalue weighted by Gasteiger charge is 2.34. The van der Waals surface area contributed by atoms with Gasteiger partial charge in [0.2, 0.25) is 5.91 Å². The summed E-state index contributed by atoms with van der Waals surface area (Å²) in [7, 11) is 0. The Morgan fingerprint density at radius 1 is 1.82 bits per heavy atom. The zero-order chi connectivity index (χ0) is 8.43. The van der Waals surface area contributed by atoms with Crippen LogP contribution in [-0.2, 0) is 4.79 Å². The fourth-order valence-corrected chi connectivity index (χ4v) is 1.21. The molecule has 0 saturated heterocycles. The maximum atomic E-state index is 10.8. The number of carbonyl (C=O) groups excluding carboxylic acids is 1. The largest absolute Gasteiger partial charge is 0.368 e. The Bertz CT molecular complexity index is 158. The van der Waals surface area contributed by atoms with E-state index >= 15 is 0 Å². The number of carbonyl (C=O) groups is 1. The Labute approximate surface area is 67.3 Å². The van der Waals surface area contributed by atoms with Crippen molar-refractivity contribution in [2.75, 3.05) is 0 Å². The van der Waals surface area contributed by atoms with Crippen LogP contribution in [0, 0.1) is 5.92 Å². The molecule has 1 rings (SSSR count). The van der Waals surface area contributed by atoms with E-state index in [4.69, 9.17) is 5.73 Å². The molecule has 3 nitrogen and oxygen atoms in total. The molecule has 64 valence electrons. The molecule has 1 aliphatic carbocycles. The van der Waals surface area contributed by atoms with Gasteiger partial charge in [0.25, 0.3) is 0 Å². The van der Waals surface area contributed by atoms with E-state index < -0.39 is 0 Å². The Balaban J connectivity index is 2.27. The van der Waals surface area contributed by atoms with E-state index in [-0.39, 0.29) is 11.9 Å². The molecular formula is C8H16N2O. The molecule has 0 spiro atoms. The molecule has 3 N–H and O–H groups in total. The van der Waals surface area contributed by atoms with Crippen molar-refractivity contribution in [3.05, 3.63) is 0 Å². The van der Waals surface area contributed by atoms with Crippen LogP contribution in [0.15, 0.2) is 0 Å². The summed E-state index contributed by atoms with van der Waals surface area (Å²) in [4.78, 5) is 10.8. The summed E-state index contributed by atoms with van der Waals surface area (Å²) in [6.45, 7) is 4.14. The minimum Gasteiger partial charge on any atom is -0.368 e. The van der Waals surface area contributed by atoms with E-state index in [1.165, 1.54) is 6.42 Å². The lowest BCUT2D eigenvalue weighted by Gasteiger charge is -2.11. The Morgan fingerprint density at radius 2 is 2.36 bits per heavy atom. The molecule has 3 heteroatoms. The van der Waals surface area contributed by atoms with Crippen LogP contribution in [0.2, 0.25) is 0 Å². The smallest absolute Gasteiger partial charge is 0.234 e. The average molecular weight is 156 g/mol. The van der Waals surface area contributed by atoms with Crippen molar-refractivity contribution in [3.8, 4) is 0 Å². The second-order valence-electron chi connectivity index (χ2n) is 3.35. The van der Waals surface area contributed by atoms with Crippen molar-refractivity contribution in [2.24, 2.45) is 11.7 Å². The predicted molar refractivity (Wildman–Crippen MR) is 44.0 cm³/mol. The van der Waals surface area contributed by atoms with Crippen molar-refractivity contribution in [1.29, 1.82) is 0 Å². The van der Waals surface area contributed by atoms with E-state index in [1.54, 1.807) is 0 Å². The van der Waals surface area contributed by atoms with Crippen molar-refractivity contribution in [3.63, 3.8) is 0 Å². The number of primary amides is 1. The van der Waals surface area contributed by atoms with E-state index in [2.05, 4.69) is 12.2 Å². The van der Waals surface area contributed by atoms with E-state index in [0.717, 1.165) is 12.3 Å². The third kappa shape index (κ3) is 2.19. The lowest BCUT2D eigenvalue weighted by molar-refractivity contribution is -0.120. The van der Waals surface area contributed by atoms with Crippen molar-refractivity contribution >= 4 is 5.91 Å². The summed E-state index contributed by atoms with van der Waals surface area (Å²) in [6.07, 6.45) is 1.97. The molecular weight excluding hydrogens is 140 g/mol. The Hall–Kier alpha value is -0.570. The van der Waals surface area contributed by atoms with Gasteiger partial charge in [0.15, 0.2) is 0 Å². The molecule has 1 amide bonds. The average Bonchev–Trinajstić information content (AvgIpc) is 2.61. The molecule has 11 heavy (non-hydrogen) atoms. The minimum atomic E-state index is -0.230. The van der Waals surface area contributed by atoms with Gasteiger partial charge in [-0.1, -0.05) is 13.8 Å². The van der Waals surface area contributed by atoms with Crippen LogP contribution in [0.1, 0.15) is 26.7 Å². The first kappa shape index (κ1) is 8.53. The number of amides is 1. The van der Waals surface area contributed by atoms with Gasteiger partial charge in [0.1, 0.15) is 0 Å². The lowest BCUT2D eigenvalue weighted by atomic mass is 10.2. The van der Waals surface area contributed by atoms with Gasteiger partial charge in [-0.15, -0.1) is 0 Å². The molecule has 1 aliphatic rings. The van der Waals surface area contributed by atoms with Crippen molar-refractivity contribution < 1.29 is 4.79 Å². The van der Waals surface area contributed by atoms with Crippen LogP contribution >= 0.6 is 0 Å². The monoisotopic (exact) mass is 156 g/mol. The third-order valence-electron chi connectivity index (χ3n) is 2.28. The lowest BCUT2D eigenvalue weighted by Crippen LogP contribution is -2.42. The van der Waals surface area contributed by atoms with Gasteiger partial charge in [-0.25, -0.2) is 0 Å². The topological polar surface area (TPSA) is 55.1 Å². The van der Waals surface area contributed by atoms with E-state index in [9.17, 15) is 4.79 Å². The van der Waals surface area contributed by atoms with Gasteiger partial charge in [-0.3, -0.25) is 4.79 Å². The summed E-state index contributed by atoms with van der Waals surface area (Å²) >= 11 is 0. The van der Waals surface area contributed by atoms with Gasteiger partial charge in [-0.2, -0.15) is 0 Å². The normalized spacial score (nSPS) is 31.5. The molecule has 3 atom stereocenters. The molecule has 0 heterocycles. The molecule has 0 radical (unpaired) electrons. The van der Waals surface area contributed by atoms with Crippen LogP contribution in [-0.4, -0.2) is 18.0 Å². The van der Waals surface area contributed by atoms with Gasteiger partial charge in [-0.05, 0) is 18.8 Å².